The number of amides is 1. The minimum Gasteiger partial charge on any atom is -0.445 e. The quantitative estimate of drug-likeness (QED) is 0.904. The minimum absolute atomic E-state index is 0.141. The van der Waals surface area contributed by atoms with Crippen LogP contribution in [0.3, 0.4) is 0 Å². The largest absolute Gasteiger partial charge is 0.445 e. The van der Waals surface area contributed by atoms with Crippen molar-refractivity contribution in [2.24, 2.45) is 0 Å². The SMILES string of the molecule is CN[C@@H]1CCCC[C@H]1N(C(=O)OCc1ccccc1)C(C)C. The first kappa shape index (κ1) is 16.8. The van der Waals surface area contributed by atoms with Crippen molar-refractivity contribution in [1.29, 1.82) is 0 Å². The molecule has 1 aliphatic rings. The number of benzene rings is 1. The molecule has 1 aromatic carbocycles. The van der Waals surface area contributed by atoms with Gasteiger partial charge in [-0.2, -0.15) is 0 Å². The Morgan fingerprint density at radius 1 is 1.27 bits per heavy atom. The van der Waals surface area contributed by atoms with Gasteiger partial charge in [-0.15, -0.1) is 0 Å². The van der Waals surface area contributed by atoms with Gasteiger partial charge in [0.2, 0.25) is 0 Å². The first-order valence-electron chi connectivity index (χ1n) is 8.29. The van der Waals surface area contributed by atoms with Crippen LogP contribution in [-0.4, -0.2) is 36.2 Å². The first-order chi connectivity index (χ1) is 10.6. The number of nitrogens with zero attached hydrogens (tertiary/aromatic N) is 1. The molecule has 0 aromatic heterocycles. The molecule has 0 spiro atoms. The van der Waals surface area contributed by atoms with Crippen LogP contribution in [0, 0.1) is 0 Å². The fraction of sp³-hybridized carbons (Fsp3) is 0.611. The maximum absolute atomic E-state index is 12.6. The Balaban J connectivity index is 2.01. The maximum Gasteiger partial charge on any atom is 0.410 e. The van der Waals surface area contributed by atoms with Gasteiger partial charge in [0.15, 0.2) is 0 Å². The summed E-state index contributed by atoms with van der Waals surface area (Å²) in [4.78, 5) is 14.5. The van der Waals surface area contributed by atoms with Crippen molar-refractivity contribution in [2.75, 3.05) is 7.05 Å². The summed E-state index contributed by atoms with van der Waals surface area (Å²) in [6, 6.07) is 10.6. The number of hydrogen-bond acceptors (Lipinski definition) is 3. The van der Waals surface area contributed by atoms with Crippen LogP contribution in [0.5, 0.6) is 0 Å². The van der Waals surface area contributed by atoms with E-state index in [1.807, 2.05) is 42.3 Å². The van der Waals surface area contributed by atoms with Gasteiger partial charge in [-0.3, -0.25) is 0 Å². The van der Waals surface area contributed by atoms with E-state index in [0.29, 0.717) is 12.6 Å². The summed E-state index contributed by atoms with van der Waals surface area (Å²) in [7, 11) is 1.98. The smallest absolute Gasteiger partial charge is 0.410 e. The molecule has 0 radical (unpaired) electrons. The Labute approximate surface area is 133 Å². The van der Waals surface area contributed by atoms with Crippen molar-refractivity contribution < 1.29 is 9.53 Å². The third-order valence-electron chi connectivity index (χ3n) is 4.43. The second kappa shape index (κ2) is 8.18. The zero-order chi connectivity index (χ0) is 15.9. The summed E-state index contributed by atoms with van der Waals surface area (Å²) in [6.07, 6.45) is 4.37. The van der Waals surface area contributed by atoms with Crippen LogP contribution in [0.1, 0.15) is 45.1 Å². The lowest BCUT2D eigenvalue weighted by atomic mass is 9.89. The second-order valence-corrected chi connectivity index (χ2v) is 6.29. The lowest BCUT2D eigenvalue weighted by molar-refractivity contribution is 0.0487. The van der Waals surface area contributed by atoms with Crippen LogP contribution in [0.2, 0.25) is 0 Å². The number of nitrogens with one attached hydrogen (secondary N) is 1. The first-order valence-corrected chi connectivity index (χ1v) is 8.29. The van der Waals surface area contributed by atoms with Crippen LogP contribution in [0.25, 0.3) is 0 Å². The van der Waals surface area contributed by atoms with E-state index in [2.05, 4.69) is 19.2 Å². The molecule has 0 saturated heterocycles. The zero-order valence-electron chi connectivity index (χ0n) is 13.9. The summed E-state index contributed by atoms with van der Waals surface area (Å²) in [5.41, 5.74) is 1.02. The predicted molar refractivity (Wildman–Crippen MR) is 88.7 cm³/mol. The van der Waals surface area contributed by atoms with Gasteiger partial charge >= 0.3 is 6.09 Å². The summed E-state index contributed by atoms with van der Waals surface area (Å²) in [5, 5.41) is 3.37. The summed E-state index contributed by atoms with van der Waals surface area (Å²) in [5.74, 6) is 0. The van der Waals surface area contributed by atoms with Gasteiger partial charge in [-0.05, 0) is 39.3 Å². The molecule has 2 rings (SSSR count). The molecule has 4 heteroatoms. The number of ether oxygens (including phenoxy) is 1. The average Bonchev–Trinajstić information content (AvgIpc) is 2.54. The van der Waals surface area contributed by atoms with Gasteiger partial charge in [0.05, 0.1) is 6.04 Å². The number of rotatable bonds is 5. The van der Waals surface area contributed by atoms with E-state index in [1.54, 1.807) is 0 Å². The molecule has 1 fully saturated rings. The van der Waals surface area contributed by atoms with E-state index in [0.717, 1.165) is 18.4 Å². The van der Waals surface area contributed by atoms with Crippen molar-refractivity contribution in [1.82, 2.24) is 10.2 Å². The molecule has 2 atom stereocenters. The maximum atomic E-state index is 12.6. The van der Waals surface area contributed by atoms with E-state index < -0.39 is 0 Å². The van der Waals surface area contributed by atoms with Crippen molar-refractivity contribution in [3.05, 3.63) is 35.9 Å². The van der Waals surface area contributed by atoms with Crippen molar-refractivity contribution in [3.63, 3.8) is 0 Å². The molecule has 122 valence electrons. The van der Waals surface area contributed by atoms with Crippen molar-refractivity contribution in [3.8, 4) is 0 Å². The number of hydrogen-bond donors (Lipinski definition) is 1. The van der Waals surface area contributed by atoms with Crippen LogP contribution in [-0.2, 0) is 11.3 Å². The molecule has 1 N–H and O–H groups in total. The van der Waals surface area contributed by atoms with Gasteiger partial charge < -0.3 is 15.0 Å². The van der Waals surface area contributed by atoms with Gasteiger partial charge in [-0.25, -0.2) is 4.79 Å². The second-order valence-electron chi connectivity index (χ2n) is 6.29. The Morgan fingerprint density at radius 2 is 1.95 bits per heavy atom. The molecule has 1 saturated carbocycles. The Kier molecular flexibility index (Phi) is 6.25. The highest BCUT2D eigenvalue weighted by Gasteiger charge is 2.34. The lowest BCUT2D eigenvalue weighted by Gasteiger charge is -2.41. The van der Waals surface area contributed by atoms with E-state index in [1.165, 1.54) is 12.8 Å². The highest BCUT2D eigenvalue weighted by atomic mass is 16.6. The standard InChI is InChI=1S/C18H28N2O2/c1-14(2)20(17-12-8-7-11-16(17)19-3)18(21)22-13-15-9-5-4-6-10-15/h4-6,9-10,14,16-17,19H,7-8,11-13H2,1-3H3/t16-,17-/m1/s1. The third kappa shape index (κ3) is 4.23. The monoisotopic (exact) mass is 304 g/mol. The molecule has 1 amide bonds. The minimum atomic E-state index is -0.203. The fourth-order valence-corrected chi connectivity index (χ4v) is 3.30. The third-order valence-corrected chi connectivity index (χ3v) is 4.43. The van der Waals surface area contributed by atoms with Crippen LogP contribution in [0.15, 0.2) is 30.3 Å². The fourth-order valence-electron chi connectivity index (χ4n) is 3.30. The highest BCUT2D eigenvalue weighted by molar-refractivity contribution is 5.68. The van der Waals surface area contributed by atoms with E-state index in [4.69, 9.17) is 4.74 Å². The van der Waals surface area contributed by atoms with Gasteiger partial charge in [0.1, 0.15) is 6.61 Å². The molecule has 1 aliphatic carbocycles. The van der Waals surface area contributed by atoms with Crippen LogP contribution >= 0.6 is 0 Å². The van der Waals surface area contributed by atoms with Crippen molar-refractivity contribution in [2.45, 2.75) is 64.3 Å². The lowest BCUT2D eigenvalue weighted by Crippen LogP contribution is -2.55. The molecule has 4 nitrogen and oxygen atoms in total. The average molecular weight is 304 g/mol. The summed E-state index contributed by atoms with van der Waals surface area (Å²) >= 11 is 0. The van der Waals surface area contributed by atoms with Gasteiger partial charge in [0, 0.05) is 12.1 Å². The normalized spacial score (nSPS) is 21.6. The van der Waals surface area contributed by atoms with Crippen LogP contribution in [0.4, 0.5) is 4.79 Å². The molecule has 0 bridgehead atoms. The zero-order valence-corrected chi connectivity index (χ0v) is 13.9. The number of carbonyl (C=O) groups is 1. The molecular weight excluding hydrogens is 276 g/mol. The van der Waals surface area contributed by atoms with Gasteiger partial charge in [-0.1, -0.05) is 43.2 Å². The summed E-state index contributed by atoms with van der Waals surface area (Å²) < 4.78 is 5.56. The summed E-state index contributed by atoms with van der Waals surface area (Å²) in [6.45, 7) is 4.45. The number of likely N-dealkylation sites (N-methyl/N-ethyl adjacent to an activating group) is 1. The van der Waals surface area contributed by atoms with E-state index in [9.17, 15) is 4.79 Å². The molecule has 0 aliphatic heterocycles. The van der Waals surface area contributed by atoms with E-state index >= 15 is 0 Å². The van der Waals surface area contributed by atoms with Crippen molar-refractivity contribution >= 4 is 6.09 Å². The topological polar surface area (TPSA) is 41.6 Å². The molecule has 0 unspecified atom stereocenters. The predicted octanol–water partition coefficient (Wildman–Crippen LogP) is 3.56. The van der Waals surface area contributed by atoms with E-state index in [-0.39, 0.29) is 18.2 Å². The Hall–Kier alpha value is -1.55. The Morgan fingerprint density at radius 3 is 2.59 bits per heavy atom. The van der Waals surface area contributed by atoms with Crippen LogP contribution < -0.4 is 5.32 Å². The molecule has 0 heterocycles. The number of carbonyl (C=O) groups excluding carboxylic acids is 1. The highest BCUT2D eigenvalue weighted by Crippen LogP contribution is 2.25. The van der Waals surface area contributed by atoms with Gasteiger partial charge in [0.25, 0.3) is 0 Å². The molecular formula is C18H28N2O2. The Bertz CT molecular complexity index is 461. The molecule has 22 heavy (non-hydrogen) atoms. The molecule has 1 aromatic rings.